The van der Waals surface area contributed by atoms with Crippen molar-refractivity contribution in [1.29, 1.82) is 0 Å². The van der Waals surface area contributed by atoms with Crippen LogP contribution in [0.5, 0.6) is 5.75 Å². The van der Waals surface area contributed by atoms with E-state index in [1.54, 1.807) is 6.08 Å². The van der Waals surface area contributed by atoms with Crippen LogP contribution in [0.4, 0.5) is 0 Å². The fourth-order valence-electron chi connectivity index (χ4n) is 3.08. The number of nitrogens with zero attached hydrogens (tertiary/aromatic N) is 2. The molecule has 1 fully saturated rings. The molecule has 5 heteroatoms. The molecule has 0 bridgehead atoms. The standard InChI is InChI=1S/C20H30N2O3/c1-4-10-22(16-18-8-6-7-9-19(18)25-5-2)20(23)15-17(3)21-11-13-24-14-12-21/h4,6-9,17H,1,5,10-16H2,2-3H3. The molecule has 1 heterocycles. The highest BCUT2D eigenvalue weighted by Crippen LogP contribution is 2.21. The molecule has 25 heavy (non-hydrogen) atoms. The van der Waals surface area contributed by atoms with Gasteiger partial charge in [0, 0.05) is 44.2 Å². The van der Waals surface area contributed by atoms with E-state index in [1.807, 2.05) is 36.1 Å². The highest BCUT2D eigenvalue weighted by atomic mass is 16.5. The maximum Gasteiger partial charge on any atom is 0.224 e. The molecule has 1 aliphatic rings. The van der Waals surface area contributed by atoms with Gasteiger partial charge in [-0.3, -0.25) is 9.69 Å². The van der Waals surface area contributed by atoms with E-state index in [1.165, 1.54) is 0 Å². The third-order valence-corrected chi connectivity index (χ3v) is 4.47. The molecule has 138 valence electrons. The second kappa shape index (κ2) is 10.2. The number of morpholine rings is 1. The Morgan fingerprint density at radius 2 is 2.12 bits per heavy atom. The predicted molar refractivity (Wildman–Crippen MR) is 99.7 cm³/mol. The first-order valence-electron chi connectivity index (χ1n) is 9.06. The minimum absolute atomic E-state index is 0.144. The molecule has 1 amide bonds. The van der Waals surface area contributed by atoms with Crippen molar-refractivity contribution in [2.45, 2.75) is 32.9 Å². The van der Waals surface area contributed by atoms with Crippen molar-refractivity contribution in [1.82, 2.24) is 9.80 Å². The van der Waals surface area contributed by atoms with Crippen LogP contribution in [0.1, 0.15) is 25.8 Å². The largest absolute Gasteiger partial charge is 0.494 e. The van der Waals surface area contributed by atoms with Gasteiger partial charge in [-0.25, -0.2) is 0 Å². The van der Waals surface area contributed by atoms with E-state index in [2.05, 4.69) is 18.4 Å². The van der Waals surface area contributed by atoms with Gasteiger partial charge in [-0.2, -0.15) is 0 Å². The fourth-order valence-corrected chi connectivity index (χ4v) is 3.08. The zero-order chi connectivity index (χ0) is 18.1. The monoisotopic (exact) mass is 346 g/mol. The molecule has 5 nitrogen and oxygen atoms in total. The quantitative estimate of drug-likeness (QED) is 0.645. The van der Waals surface area contributed by atoms with Crippen molar-refractivity contribution in [3.63, 3.8) is 0 Å². The predicted octanol–water partition coefficient (Wildman–Crippen LogP) is 2.71. The molecule has 0 spiro atoms. The Hall–Kier alpha value is -1.85. The van der Waals surface area contributed by atoms with E-state index in [4.69, 9.17) is 9.47 Å². The van der Waals surface area contributed by atoms with Crippen LogP contribution < -0.4 is 4.74 Å². The number of hydrogen-bond donors (Lipinski definition) is 0. The van der Waals surface area contributed by atoms with Crippen LogP contribution >= 0.6 is 0 Å². The molecule has 1 atom stereocenters. The topological polar surface area (TPSA) is 42.0 Å². The average Bonchev–Trinajstić information content (AvgIpc) is 2.63. The molecule has 0 aliphatic carbocycles. The van der Waals surface area contributed by atoms with Gasteiger partial charge in [0.25, 0.3) is 0 Å². The summed E-state index contributed by atoms with van der Waals surface area (Å²) < 4.78 is 11.1. The van der Waals surface area contributed by atoms with Gasteiger partial charge in [0.2, 0.25) is 5.91 Å². The molecule has 1 unspecified atom stereocenters. The SMILES string of the molecule is C=CCN(Cc1ccccc1OCC)C(=O)CC(C)N1CCOCC1. The van der Waals surface area contributed by atoms with E-state index in [-0.39, 0.29) is 11.9 Å². The van der Waals surface area contributed by atoms with Gasteiger partial charge in [0.15, 0.2) is 0 Å². The molecule has 1 aromatic carbocycles. The second-order valence-electron chi connectivity index (χ2n) is 6.31. The summed E-state index contributed by atoms with van der Waals surface area (Å²) in [4.78, 5) is 17.0. The lowest BCUT2D eigenvalue weighted by molar-refractivity contribution is -0.132. The Balaban J connectivity index is 2.01. The maximum atomic E-state index is 12.8. The first-order chi connectivity index (χ1) is 12.2. The van der Waals surface area contributed by atoms with Crippen LogP contribution in [-0.2, 0) is 16.1 Å². The van der Waals surface area contributed by atoms with Gasteiger partial charge in [0.05, 0.1) is 19.8 Å². The van der Waals surface area contributed by atoms with Crippen LogP contribution in [0.2, 0.25) is 0 Å². The summed E-state index contributed by atoms with van der Waals surface area (Å²) in [6.45, 7) is 12.8. The van der Waals surface area contributed by atoms with Crippen LogP contribution in [-0.4, -0.2) is 61.2 Å². The lowest BCUT2D eigenvalue weighted by Gasteiger charge is -2.33. The molecule has 1 aromatic rings. The lowest BCUT2D eigenvalue weighted by Crippen LogP contribution is -2.44. The maximum absolute atomic E-state index is 12.8. The Bertz CT molecular complexity index is 556. The molecule has 0 N–H and O–H groups in total. The van der Waals surface area contributed by atoms with Gasteiger partial charge in [0.1, 0.15) is 5.75 Å². The number of hydrogen-bond acceptors (Lipinski definition) is 4. The van der Waals surface area contributed by atoms with E-state index >= 15 is 0 Å². The van der Waals surface area contributed by atoms with E-state index in [0.717, 1.165) is 37.6 Å². The van der Waals surface area contributed by atoms with Gasteiger partial charge >= 0.3 is 0 Å². The number of carbonyl (C=O) groups excluding carboxylic acids is 1. The Morgan fingerprint density at radius 1 is 1.40 bits per heavy atom. The lowest BCUT2D eigenvalue weighted by atomic mass is 10.1. The van der Waals surface area contributed by atoms with Crippen molar-refractivity contribution >= 4 is 5.91 Å². The van der Waals surface area contributed by atoms with Crippen LogP contribution in [0.15, 0.2) is 36.9 Å². The van der Waals surface area contributed by atoms with E-state index in [0.29, 0.717) is 26.1 Å². The van der Waals surface area contributed by atoms with Gasteiger partial charge in [-0.05, 0) is 19.9 Å². The summed E-state index contributed by atoms with van der Waals surface area (Å²) in [6, 6.07) is 8.11. The number of rotatable bonds is 9. The second-order valence-corrected chi connectivity index (χ2v) is 6.31. The highest BCUT2D eigenvalue weighted by Gasteiger charge is 2.22. The number of amides is 1. The first kappa shape index (κ1) is 19.5. The van der Waals surface area contributed by atoms with E-state index < -0.39 is 0 Å². The van der Waals surface area contributed by atoms with Crippen LogP contribution in [0, 0.1) is 0 Å². The van der Waals surface area contributed by atoms with Crippen molar-refractivity contribution < 1.29 is 14.3 Å². The normalized spacial score (nSPS) is 16.2. The zero-order valence-corrected chi connectivity index (χ0v) is 15.4. The molecular formula is C20H30N2O3. The summed E-state index contributed by atoms with van der Waals surface area (Å²) in [5.41, 5.74) is 1.03. The van der Waals surface area contributed by atoms with Crippen LogP contribution in [0.25, 0.3) is 0 Å². The Labute approximate surface area is 151 Å². The van der Waals surface area contributed by atoms with Crippen molar-refractivity contribution in [3.8, 4) is 5.75 Å². The number of para-hydroxylation sites is 1. The highest BCUT2D eigenvalue weighted by molar-refractivity contribution is 5.77. The third-order valence-electron chi connectivity index (χ3n) is 4.47. The minimum Gasteiger partial charge on any atom is -0.494 e. The fraction of sp³-hybridized carbons (Fsp3) is 0.550. The number of carbonyl (C=O) groups is 1. The molecule has 0 radical (unpaired) electrons. The Kier molecular flexibility index (Phi) is 7.95. The molecular weight excluding hydrogens is 316 g/mol. The van der Waals surface area contributed by atoms with Gasteiger partial charge in [-0.15, -0.1) is 6.58 Å². The molecule has 1 saturated heterocycles. The summed E-state index contributed by atoms with van der Waals surface area (Å²) in [5.74, 6) is 0.985. The molecule has 0 saturated carbocycles. The Morgan fingerprint density at radius 3 is 2.80 bits per heavy atom. The first-order valence-corrected chi connectivity index (χ1v) is 9.06. The van der Waals surface area contributed by atoms with Crippen molar-refractivity contribution in [2.24, 2.45) is 0 Å². The zero-order valence-electron chi connectivity index (χ0n) is 15.4. The van der Waals surface area contributed by atoms with Gasteiger partial charge in [-0.1, -0.05) is 24.3 Å². The molecule has 1 aliphatic heterocycles. The molecule has 0 aromatic heterocycles. The van der Waals surface area contributed by atoms with Gasteiger partial charge < -0.3 is 14.4 Å². The van der Waals surface area contributed by atoms with E-state index in [9.17, 15) is 4.79 Å². The van der Waals surface area contributed by atoms with Crippen molar-refractivity contribution in [3.05, 3.63) is 42.5 Å². The minimum atomic E-state index is 0.144. The summed E-state index contributed by atoms with van der Waals surface area (Å²) in [5, 5.41) is 0. The third kappa shape index (κ3) is 5.87. The molecule has 2 rings (SSSR count). The smallest absolute Gasteiger partial charge is 0.224 e. The summed E-state index contributed by atoms with van der Waals surface area (Å²) in [6.07, 6.45) is 2.28. The summed E-state index contributed by atoms with van der Waals surface area (Å²) in [7, 11) is 0. The average molecular weight is 346 g/mol. The van der Waals surface area contributed by atoms with Crippen molar-refractivity contribution in [2.75, 3.05) is 39.5 Å². The van der Waals surface area contributed by atoms with Crippen LogP contribution in [0.3, 0.4) is 0 Å². The number of ether oxygens (including phenoxy) is 2. The number of benzene rings is 1. The summed E-state index contributed by atoms with van der Waals surface area (Å²) >= 11 is 0.